The Balaban J connectivity index is 0.00000162. The molecule has 1 aromatic rings. The molecular formula is C14H21ClN2O. The number of amides is 1. The zero-order chi connectivity index (χ0) is 11.9. The molecule has 0 aromatic heterocycles. The van der Waals surface area contributed by atoms with Gasteiger partial charge in [0, 0.05) is 11.7 Å². The summed E-state index contributed by atoms with van der Waals surface area (Å²) in [6.07, 6.45) is 6.08. The second-order valence-electron chi connectivity index (χ2n) is 4.62. The maximum absolute atomic E-state index is 11.7. The predicted molar refractivity (Wildman–Crippen MR) is 77.2 cm³/mol. The lowest BCUT2D eigenvalue weighted by atomic mass is 9.95. The van der Waals surface area contributed by atoms with E-state index in [1.54, 1.807) is 0 Å². The summed E-state index contributed by atoms with van der Waals surface area (Å²) in [6, 6.07) is 10.2. The molecule has 0 bridgehead atoms. The van der Waals surface area contributed by atoms with Crippen LogP contribution in [-0.4, -0.2) is 18.5 Å². The number of halogens is 1. The summed E-state index contributed by atoms with van der Waals surface area (Å²) in [7, 11) is 0. The highest BCUT2D eigenvalue weighted by Gasteiger charge is 2.15. The van der Waals surface area contributed by atoms with Crippen molar-refractivity contribution in [3.63, 3.8) is 0 Å². The van der Waals surface area contributed by atoms with Gasteiger partial charge in [-0.1, -0.05) is 37.5 Å². The molecule has 100 valence electrons. The molecule has 2 rings (SSSR count). The molecule has 1 amide bonds. The molecule has 0 spiro atoms. The Hall–Kier alpha value is -1.22. The maximum atomic E-state index is 11.7. The lowest BCUT2D eigenvalue weighted by Crippen LogP contribution is -2.39. The highest BCUT2D eigenvalue weighted by atomic mass is 35.5. The van der Waals surface area contributed by atoms with Gasteiger partial charge in [-0.3, -0.25) is 4.79 Å². The molecule has 1 aliphatic carbocycles. The molecule has 3 nitrogen and oxygen atoms in total. The van der Waals surface area contributed by atoms with E-state index in [1.165, 1.54) is 19.3 Å². The highest BCUT2D eigenvalue weighted by Crippen LogP contribution is 2.17. The van der Waals surface area contributed by atoms with E-state index >= 15 is 0 Å². The van der Waals surface area contributed by atoms with Crippen molar-refractivity contribution in [3.05, 3.63) is 30.3 Å². The van der Waals surface area contributed by atoms with Crippen molar-refractivity contribution in [3.8, 4) is 0 Å². The SMILES string of the molecule is Cl.O=C(CNc1ccccc1)NC1CCCCC1. The number of anilines is 1. The number of benzene rings is 1. The van der Waals surface area contributed by atoms with Gasteiger partial charge in [-0.25, -0.2) is 0 Å². The van der Waals surface area contributed by atoms with Gasteiger partial charge in [0.15, 0.2) is 0 Å². The van der Waals surface area contributed by atoms with E-state index in [2.05, 4.69) is 10.6 Å². The predicted octanol–water partition coefficient (Wildman–Crippen LogP) is 2.97. The van der Waals surface area contributed by atoms with E-state index in [9.17, 15) is 4.79 Å². The van der Waals surface area contributed by atoms with Crippen LogP contribution in [-0.2, 0) is 4.79 Å². The van der Waals surface area contributed by atoms with Crippen molar-refractivity contribution in [2.24, 2.45) is 0 Å². The summed E-state index contributed by atoms with van der Waals surface area (Å²) < 4.78 is 0. The number of carbonyl (C=O) groups is 1. The van der Waals surface area contributed by atoms with E-state index < -0.39 is 0 Å². The largest absolute Gasteiger partial charge is 0.376 e. The summed E-state index contributed by atoms with van der Waals surface area (Å²) in [6.45, 7) is 0.362. The molecular weight excluding hydrogens is 248 g/mol. The van der Waals surface area contributed by atoms with Crippen molar-refractivity contribution in [1.29, 1.82) is 0 Å². The third kappa shape index (κ3) is 4.96. The molecule has 1 fully saturated rings. The number of hydrogen-bond acceptors (Lipinski definition) is 2. The van der Waals surface area contributed by atoms with Crippen LogP contribution in [0.4, 0.5) is 5.69 Å². The van der Waals surface area contributed by atoms with Crippen molar-refractivity contribution in [1.82, 2.24) is 5.32 Å². The molecule has 2 N–H and O–H groups in total. The average molecular weight is 269 g/mol. The zero-order valence-corrected chi connectivity index (χ0v) is 11.3. The number of rotatable bonds is 4. The zero-order valence-electron chi connectivity index (χ0n) is 10.5. The topological polar surface area (TPSA) is 41.1 Å². The quantitative estimate of drug-likeness (QED) is 0.882. The molecule has 0 heterocycles. The van der Waals surface area contributed by atoms with Crippen LogP contribution in [0.3, 0.4) is 0 Å². The van der Waals surface area contributed by atoms with Gasteiger partial charge in [-0.2, -0.15) is 0 Å². The Kier molecular flexibility index (Phi) is 6.58. The van der Waals surface area contributed by atoms with E-state index in [4.69, 9.17) is 0 Å². The highest BCUT2D eigenvalue weighted by molar-refractivity contribution is 5.85. The smallest absolute Gasteiger partial charge is 0.239 e. The number of para-hydroxylation sites is 1. The maximum Gasteiger partial charge on any atom is 0.239 e. The Labute approximate surface area is 115 Å². The summed E-state index contributed by atoms with van der Waals surface area (Å²) in [4.78, 5) is 11.7. The minimum absolute atomic E-state index is 0. The number of carbonyl (C=O) groups excluding carboxylic acids is 1. The van der Waals surface area contributed by atoms with Gasteiger partial charge in [0.05, 0.1) is 6.54 Å². The first kappa shape index (κ1) is 14.8. The first-order valence-corrected chi connectivity index (χ1v) is 6.43. The van der Waals surface area contributed by atoms with E-state index in [0.717, 1.165) is 18.5 Å². The minimum Gasteiger partial charge on any atom is -0.376 e. The van der Waals surface area contributed by atoms with Crippen LogP contribution >= 0.6 is 12.4 Å². The second kappa shape index (κ2) is 7.98. The minimum atomic E-state index is 0. The molecule has 1 aliphatic rings. The van der Waals surface area contributed by atoms with Crippen LogP contribution in [0, 0.1) is 0 Å². The van der Waals surface area contributed by atoms with Crippen LogP contribution < -0.4 is 10.6 Å². The molecule has 0 radical (unpaired) electrons. The lowest BCUT2D eigenvalue weighted by molar-refractivity contribution is -0.120. The van der Waals surface area contributed by atoms with Gasteiger partial charge in [0.1, 0.15) is 0 Å². The fourth-order valence-electron chi connectivity index (χ4n) is 2.26. The Bertz CT molecular complexity index is 350. The van der Waals surface area contributed by atoms with Crippen LogP contribution in [0.5, 0.6) is 0 Å². The van der Waals surface area contributed by atoms with Crippen molar-refractivity contribution < 1.29 is 4.79 Å². The van der Waals surface area contributed by atoms with Crippen molar-refractivity contribution in [2.75, 3.05) is 11.9 Å². The number of hydrogen-bond donors (Lipinski definition) is 2. The summed E-state index contributed by atoms with van der Waals surface area (Å²) in [5.74, 6) is 0.0979. The van der Waals surface area contributed by atoms with E-state index in [1.807, 2.05) is 30.3 Å². The van der Waals surface area contributed by atoms with Crippen LogP contribution in [0.25, 0.3) is 0 Å². The summed E-state index contributed by atoms with van der Waals surface area (Å²) in [5.41, 5.74) is 0.992. The molecule has 0 unspecified atom stereocenters. The van der Waals surface area contributed by atoms with Gasteiger partial charge in [0.25, 0.3) is 0 Å². The molecule has 1 aromatic carbocycles. The third-order valence-corrected chi connectivity index (χ3v) is 3.20. The fraction of sp³-hybridized carbons (Fsp3) is 0.500. The average Bonchev–Trinajstić information content (AvgIpc) is 2.39. The second-order valence-corrected chi connectivity index (χ2v) is 4.62. The summed E-state index contributed by atoms with van der Waals surface area (Å²) in [5, 5.41) is 6.21. The van der Waals surface area contributed by atoms with Gasteiger partial charge in [-0.15, -0.1) is 12.4 Å². The monoisotopic (exact) mass is 268 g/mol. The first-order valence-electron chi connectivity index (χ1n) is 6.43. The standard InChI is InChI=1S/C14H20N2O.ClH/c17-14(16-13-9-5-2-6-10-13)11-15-12-7-3-1-4-8-12;/h1,3-4,7-8,13,15H,2,5-6,9-11H2,(H,16,17);1H. The van der Waals surface area contributed by atoms with Crippen molar-refractivity contribution >= 4 is 24.0 Å². The van der Waals surface area contributed by atoms with Gasteiger partial charge in [0.2, 0.25) is 5.91 Å². The molecule has 1 saturated carbocycles. The number of nitrogens with one attached hydrogen (secondary N) is 2. The van der Waals surface area contributed by atoms with Gasteiger partial charge in [-0.05, 0) is 25.0 Å². The first-order chi connectivity index (χ1) is 8.34. The fourth-order valence-corrected chi connectivity index (χ4v) is 2.26. The van der Waals surface area contributed by atoms with E-state index in [-0.39, 0.29) is 18.3 Å². The van der Waals surface area contributed by atoms with Gasteiger partial charge < -0.3 is 10.6 Å². The van der Waals surface area contributed by atoms with Crippen LogP contribution in [0.1, 0.15) is 32.1 Å². The Morgan fingerprint density at radius 2 is 1.78 bits per heavy atom. The Morgan fingerprint density at radius 3 is 2.44 bits per heavy atom. The Morgan fingerprint density at radius 1 is 1.11 bits per heavy atom. The molecule has 4 heteroatoms. The van der Waals surface area contributed by atoms with Crippen LogP contribution in [0.15, 0.2) is 30.3 Å². The van der Waals surface area contributed by atoms with Gasteiger partial charge >= 0.3 is 0 Å². The lowest BCUT2D eigenvalue weighted by Gasteiger charge is -2.22. The molecule has 0 atom stereocenters. The molecule has 18 heavy (non-hydrogen) atoms. The molecule has 0 aliphatic heterocycles. The van der Waals surface area contributed by atoms with Crippen molar-refractivity contribution in [2.45, 2.75) is 38.1 Å². The third-order valence-electron chi connectivity index (χ3n) is 3.20. The van der Waals surface area contributed by atoms with Crippen LogP contribution in [0.2, 0.25) is 0 Å². The molecule has 0 saturated heterocycles. The van der Waals surface area contributed by atoms with E-state index in [0.29, 0.717) is 12.6 Å². The summed E-state index contributed by atoms with van der Waals surface area (Å²) >= 11 is 0. The normalized spacial score (nSPS) is 15.6.